The van der Waals surface area contributed by atoms with Crippen LogP contribution in [0.1, 0.15) is 25.0 Å². The zero-order chi connectivity index (χ0) is 14.5. The summed E-state index contributed by atoms with van der Waals surface area (Å²) in [5, 5.41) is 9.32. The van der Waals surface area contributed by atoms with Crippen molar-refractivity contribution in [2.45, 2.75) is 25.9 Å². The van der Waals surface area contributed by atoms with Gasteiger partial charge < -0.3 is 10.8 Å². The predicted octanol–water partition coefficient (Wildman–Crippen LogP) is 1.34. The van der Waals surface area contributed by atoms with E-state index in [2.05, 4.69) is 11.8 Å². The van der Waals surface area contributed by atoms with Gasteiger partial charge in [-0.15, -0.1) is 0 Å². The van der Waals surface area contributed by atoms with Crippen LogP contribution in [0.3, 0.4) is 0 Å². The largest absolute Gasteiger partial charge is 0.394 e. The van der Waals surface area contributed by atoms with Gasteiger partial charge >= 0.3 is 0 Å². The van der Waals surface area contributed by atoms with Crippen LogP contribution >= 0.6 is 0 Å². The summed E-state index contributed by atoms with van der Waals surface area (Å²) in [6.45, 7) is 4.79. The highest BCUT2D eigenvalue weighted by molar-refractivity contribution is 5.38. The number of aliphatic hydroxyl groups excluding tert-OH is 1. The second-order valence-corrected chi connectivity index (χ2v) is 5.15. The summed E-state index contributed by atoms with van der Waals surface area (Å²) in [6.07, 6.45) is 0. The lowest BCUT2D eigenvalue weighted by atomic mass is 10.0. The summed E-state index contributed by atoms with van der Waals surface area (Å²) in [7, 11) is 1.92. The quantitative estimate of drug-likeness (QED) is 0.807. The van der Waals surface area contributed by atoms with Crippen molar-refractivity contribution in [1.82, 2.24) is 4.90 Å². The van der Waals surface area contributed by atoms with Crippen molar-refractivity contribution in [3.8, 4) is 11.8 Å². The van der Waals surface area contributed by atoms with Crippen molar-refractivity contribution in [2.24, 2.45) is 5.73 Å². The van der Waals surface area contributed by atoms with E-state index in [1.165, 1.54) is 6.07 Å². The van der Waals surface area contributed by atoms with Crippen LogP contribution in [0.25, 0.3) is 0 Å². The van der Waals surface area contributed by atoms with Gasteiger partial charge in [0.1, 0.15) is 5.82 Å². The van der Waals surface area contributed by atoms with Crippen LogP contribution in [-0.2, 0) is 6.54 Å². The lowest BCUT2D eigenvalue weighted by Gasteiger charge is -2.33. The van der Waals surface area contributed by atoms with Gasteiger partial charge in [0.2, 0.25) is 0 Å². The Hall–Kier alpha value is -1.41. The Morgan fingerprint density at radius 3 is 2.68 bits per heavy atom. The monoisotopic (exact) mass is 264 g/mol. The minimum Gasteiger partial charge on any atom is -0.394 e. The summed E-state index contributed by atoms with van der Waals surface area (Å²) in [6, 6.07) is 4.87. The molecule has 0 aliphatic carbocycles. The molecule has 0 fully saturated rings. The first-order valence-corrected chi connectivity index (χ1v) is 6.20. The van der Waals surface area contributed by atoms with Gasteiger partial charge in [-0.1, -0.05) is 17.9 Å². The van der Waals surface area contributed by atoms with Crippen molar-refractivity contribution >= 4 is 0 Å². The van der Waals surface area contributed by atoms with Crippen molar-refractivity contribution < 1.29 is 9.50 Å². The molecule has 0 saturated heterocycles. The van der Waals surface area contributed by atoms with Crippen LogP contribution < -0.4 is 5.73 Å². The van der Waals surface area contributed by atoms with E-state index < -0.39 is 0 Å². The number of nitrogens with zero attached hydrogens (tertiary/aromatic N) is 1. The fourth-order valence-corrected chi connectivity index (χ4v) is 1.52. The third-order valence-corrected chi connectivity index (χ3v) is 3.20. The Morgan fingerprint density at radius 1 is 1.42 bits per heavy atom. The third kappa shape index (κ3) is 4.32. The normalized spacial score (nSPS) is 11.3. The summed E-state index contributed by atoms with van der Waals surface area (Å²) < 4.78 is 13.5. The zero-order valence-corrected chi connectivity index (χ0v) is 11.7. The molecule has 1 aromatic carbocycles. The van der Waals surface area contributed by atoms with E-state index in [-0.39, 0.29) is 24.5 Å². The summed E-state index contributed by atoms with van der Waals surface area (Å²) in [4.78, 5) is 2.01. The number of halogens is 1. The van der Waals surface area contributed by atoms with Crippen LogP contribution in [-0.4, -0.2) is 35.7 Å². The number of aliphatic hydroxyl groups is 1. The van der Waals surface area contributed by atoms with Gasteiger partial charge in [-0.05, 0) is 38.6 Å². The minimum atomic E-state index is -0.339. The standard InChI is InChI=1S/C15H21FN2O/c1-15(2,11-19)18(3)10-12-6-7-14(16)13(9-12)5-4-8-17/h6-7,9,19H,8,10-11,17H2,1-3H3. The van der Waals surface area contributed by atoms with Crippen LogP contribution in [0.5, 0.6) is 0 Å². The Morgan fingerprint density at radius 2 is 2.11 bits per heavy atom. The molecule has 0 atom stereocenters. The van der Waals surface area contributed by atoms with E-state index in [1.807, 2.05) is 25.8 Å². The summed E-state index contributed by atoms with van der Waals surface area (Å²) >= 11 is 0. The molecule has 104 valence electrons. The molecular weight excluding hydrogens is 243 g/mol. The Kier molecular flexibility index (Phi) is 5.49. The lowest BCUT2D eigenvalue weighted by molar-refractivity contribution is 0.0734. The molecule has 0 amide bonds. The van der Waals surface area contributed by atoms with Crippen LogP contribution in [0.2, 0.25) is 0 Å². The first-order chi connectivity index (χ1) is 8.90. The van der Waals surface area contributed by atoms with Gasteiger partial charge in [0.15, 0.2) is 0 Å². The fourth-order valence-electron chi connectivity index (χ4n) is 1.52. The molecule has 1 rings (SSSR count). The summed E-state index contributed by atoms with van der Waals surface area (Å²) in [5.74, 6) is 5.03. The number of rotatable bonds is 4. The summed E-state index contributed by atoms with van der Waals surface area (Å²) in [5.41, 5.74) is 6.28. The molecule has 0 aliphatic rings. The highest BCUT2D eigenvalue weighted by Crippen LogP contribution is 2.17. The van der Waals surface area contributed by atoms with E-state index >= 15 is 0 Å². The van der Waals surface area contributed by atoms with Gasteiger partial charge in [-0.2, -0.15) is 0 Å². The SMILES string of the molecule is CN(Cc1ccc(F)c(C#CCN)c1)C(C)(C)CO. The Labute approximate surface area is 114 Å². The average Bonchev–Trinajstić information content (AvgIpc) is 2.39. The molecule has 1 aromatic rings. The predicted molar refractivity (Wildman–Crippen MR) is 75.0 cm³/mol. The first kappa shape index (κ1) is 15.6. The van der Waals surface area contributed by atoms with E-state index in [4.69, 9.17) is 5.73 Å². The topological polar surface area (TPSA) is 49.5 Å². The first-order valence-electron chi connectivity index (χ1n) is 6.20. The Balaban J connectivity index is 2.91. The van der Waals surface area contributed by atoms with Crippen molar-refractivity contribution in [2.75, 3.05) is 20.2 Å². The minimum absolute atomic E-state index is 0.0601. The molecule has 3 N–H and O–H groups in total. The van der Waals surface area contributed by atoms with Gasteiger partial charge in [-0.25, -0.2) is 4.39 Å². The van der Waals surface area contributed by atoms with E-state index in [9.17, 15) is 9.50 Å². The number of benzene rings is 1. The highest BCUT2D eigenvalue weighted by atomic mass is 19.1. The van der Waals surface area contributed by atoms with Gasteiger partial charge in [0.25, 0.3) is 0 Å². The van der Waals surface area contributed by atoms with Gasteiger partial charge in [-0.3, -0.25) is 4.90 Å². The lowest BCUT2D eigenvalue weighted by Crippen LogP contribution is -2.43. The molecule has 0 saturated carbocycles. The van der Waals surface area contributed by atoms with Gasteiger partial charge in [0.05, 0.1) is 18.7 Å². The van der Waals surface area contributed by atoms with Crippen molar-refractivity contribution in [3.63, 3.8) is 0 Å². The fraction of sp³-hybridized carbons (Fsp3) is 0.467. The number of likely N-dealkylation sites (N-methyl/N-ethyl adjacent to an activating group) is 1. The van der Waals surface area contributed by atoms with E-state index in [1.54, 1.807) is 12.1 Å². The smallest absolute Gasteiger partial charge is 0.138 e. The molecule has 0 aliphatic heterocycles. The highest BCUT2D eigenvalue weighted by Gasteiger charge is 2.22. The van der Waals surface area contributed by atoms with Crippen LogP contribution in [0, 0.1) is 17.7 Å². The zero-order valence-electron chi connectivity index (χ0n) is 11.7. The third-order valence-electron chi connectivity index (χ3n) is 3.20. The number of hydrogen-bond acceptors (Lipinski definition) is 3. The molecule has 0 aromatic heterocycles. The van der Waals surface area contributed by atoms with Crippen molar-refractivity contribution in [1.29, 1.82) is 0 Å². The maximum absolute atomic E-state index is 13.5. The molecule has 0 spiro atoms. The molecule has 3 nitrogen and oxygen atoms in total. The van der Waals surface area contributed by atoms with E-state index in [0.29, 0.717) is 12.1 Å². The molecule has 0 unspecified atom stereocenters. The van der Waals surface area contributed by atoms with Crippen LogP contribution in [0.15, 0.2) is 18.2 Å². The molecule has 19 heavy (non-hydrogen) atoms. The molecule has 0 heterocycles. The second-order valence-electron chi connectivity index (χ2n) is 5.15. The maximum Gasteiger partial charge on any atom is 0.138 e. The van der Waals surface area contributed by atoms with Crippen molar-refractivity contribution in [3.05, 3.63) is 35.1 Å². The second kappa shape index (κ2) is 6.67. The molecule has 4 heteroatoms. The number of nitrogens with two attached hydrogens (primary N) is 1. The Bertz CT molecular complexity index is 489. The van der Waals surface area contributed by atoms with E-state index in [0.717, 1.165) is 5.56 Å². The van der Waals surface area contributed by atoms with Crippen LogP contribution in [0.4, 0.5) is 4.39 Å². The van der Waals surface area contributed by atoms with Gasteiger partial charge in [0, 0.05) is 12.1 Å². The maximum atomic E-state index is 13.5. The molecule has 0 bridgehead atoms. The molecule has 0 radical (unpaired) electrons. The average molecular weight is 264 g/mol. The number of hydrogen-bond donors (Lipinski definition) is 2. The molecular formula is C15H21FN2O.